The van der Waals surface area contributed by atoms with Crippen LogP contribution in [-0.4, -0.2) is 22.7 Å². The van der Waals surface area contributed by atoms with Crippen molar-refractivity contribution in [2.24, 2.45) is 0 Å². The second kappa shape index (κ2) is 6.45. The predicted octanol–water partition coefficient (Wildman–Crippen LogP) is 3.09. The lowest BCUT2D eigenvalue weighted by molar-refractivity contribution is -0.385. The van der Waals surface area contributed by atoms with Gasteiger partial charge in [-0.25, -0.2) is 4.79 Å². The zero-order valence-corrected chi connectivity index (χ0v) is 12.5. The first-order chi connectivity index (χ1) is 11.5. The molecule has 8 nitrogen and oxygen atoms in total. The third-order valence-corrected chi connectivity index (χ3v) is 3.58. The van der Waals surface area contributed by atoms with Crippen LogP contribution in [0.5, 0.6) is 17.2 Å². The molecule has 1 aliphatic heterocycles. The highest BCUT2D eigenvalue weighted by atomic mass is 16.6. The highest BCUT2D eigenvalue weighted by molar-refractivity contribution is 5.65. The van der Waals surface area contributed by atoms with Gasteiger partial charge in [0.25, 0.3) is 5.69 Å². The molecular formula is C16H14N2O6. The molecule has 0 saturated carbocycles. The van der Waals surface area contributed by atoms with Gasteiger partial charge in [0.1, 0.15) is 17.2 Å². The number of amides is 1. The molecule has 1 aliphatic rings. The Morgan fingerprint density at radius 1 is 1.29 bits per heavy atom. The quantitative estimate of drug-likeness (QED) is 0.644. The van der Waals surface area contributed by atoms with Crippen molar-refractivity contribution in [1.82, 2.24) is 5.32 Å². The van der Waals surface area contributed by atoms with E-state index in [1.54, 1.807) is 12.1 Å². The maximum atomic E-state index is 11.0. The maximum absolute atomic E-state index is 11.0. The number of nitro benzene ring substituents is 1. The molecule has 0 radical (unpaired) electrons. The molecule has 2 aromatic rings. The Bertz CT molecular complexity index is 805. The van der Waals surface area contributed by atoms with Gasteiger partial charge in [-0.05, 0) is 23.8 Å². The summed E-state index contributed by atoms with van der Waals surface area (Å²) in [4.78, 5) is 21.1. The minimum Gasteiger partial charge on any atom is -0.493 e. The molecule has 0 unspecified atom stereocenters. The number of nitrogens with zero attached hydrogens (tertiary/aromatic N) is 1. The number of benzene rings is 2. The van der Waals surface area contributed by atoms with Crippen LogP contribution in [0.4, 0.5) is 10.5 Å². The van der Waals surface area contributed by atoms with E-state index in [2.05, 4.69) is 5.32 Å². The van der Waals surface area contributed by atoms with Crippen LogP contribution >= 0.6 is 0 Å². The molecule has 0 saturated heterocycles. The van der Waals surface area contributed by atoms with E-state index in [0.29, 0.717) is 18.1 Å². The molecule has 0 fully saturated rings. The monoisotopic (exact) mass is 330 g/mol. The summed E-state index contributed by atoms with van der Waals surface area (Å²) in [6.45, 7) is 0.456. The topological polar surface area (TPSA) is 111 Å². The van der Waals surface area contributed by atoms with E-state index < -0.39 is 11.0 Å². The van der Waals surface area contributed by atoms with Gasteiger partial charge in [0.05, 0.1) is 23.6 Å². The smallest absolute Gasteiger partial charge is 0.404 e. The number of fused-ring (bicyclic) bond motifs is 1. The molecule has 8 heteroatoms. The van der Waals surface area contributed by atoms with Gasteiger partial charge >= 0.3 is 6.09 Å². The van der Waals surface area contributed by atoms with Crippen molar-refractivity contribution in [1.29, 1.82) is 0 Å². The number of ether oxygens (including phenoxy) is 2. The molecule has 2 aromatic carbocycles. The molecule has 0 spiro atoms. The molecule has 1 amide bonds. The zero-order valence-electron chi connectivity index (χ0n) is 12.5. The number of hydrogen-bond acceptors (Lipinski definition) is 5. The molecule has 0 aromatic heterocycles. The van der Waals surface area contributed by atoms with Gasteiger partial charge in [0, 0.05) is 18.6 Å². The van der Waals surface area contributed by atoms with E-state index in [1.165, 1.54) is 18.2 Å². The lowest BCUT2D eigenvalue weighted by Gasteiger charge is -2.09. The Kier molecular flexibility index (Phi) is 4.19. The van der Waals surface area contributed by atoms with Gasteiger partial charge in [0.15, 0.2) is 0 Å². The normalized spacial score (nSPS) is 12.2. The molecule has 0 bridgehead atoms. The average molecular weight is 330 g/mol. The van der Waals surface area contributed by atoms with Crippen molar-refractivity contribution in [2.75, 3.05) is 6.61 Å². The largest absolute Gasteiger partial charge is 0.493 e. The van der Waals surface area contributed by atoms with E-state index in [1.807, 2.05) is 6.07 Å². The second-order valence-electron chi connectivity index (χ2n) is 5.18. The molecule has 1 heterocycles. The minimum atomic E-state index is -1.26. The predicted molar refractivity (Wildman–Crippen MR) is 83.7 cm³/mol. The van der Waals surface area contributed by atoms with E-state index in [-0.39, 0.29) is 17.8 Å². The summed E-state index contributed by atoms with van der Waals surface area (Å²) in [5.74, 6) is 1.68. The Morgan fingerprint density at radius 2 is 2.04 bits per heavy atom. The summed E-state index contributed by atoms with van der Waals surface area (Å²) < 4.78 is 11.2. The molecule has 2 N–H and O–H groups in total. The molecule has 24 heavy (non-hydrogen) atoms. The fourth-order valence-electron chi connectivity index (χ4n) is 2.46. The number of hydrogen-bond donors (Lipinski definition) is 2. The average Bonchev–Trinajstić information content (AvgIpc) is 3.00. The summed E-state index contributed by atoms with van der Waals surface area (Å²) >= 11 is 0. The number of carbonyl (C=O) groups is 1. The first-order valence-corrected chi connectivity index (χ1v) is 7.20. The zero-order chi connectivity index (χ0) is 17.1. The van der Waals surface area contributed by atoms with E-state index in [9.17, 15) is 14.9 Å². The Morgan fingerprint density at radius 3 is 2.79 bits per heavy atom. The van der Waals surface area contributed by atoms with Crippen LogP contribution in [0.15, 0.2) is 36.4 Å². The van der Waals surface area contributed by atoms with Crippen LogP contribution in [0.25, 0.3) is 0 Å². The maximum Gasteiger partial charge on any atom is 0.404 e. The van der Waals surface area contributed by atoms with Crippen LogP contribution in [0, 0.1) is 10.1 Å². The third-order valence-electron chi connectivity index (χ3n) is 3.58. The first-order valence-electron chi connectivity index (χ1n) is 7.20. The van der Waals surface area contributed by atoms with Crippen LogP contribution < -0.4 is 14.8 Å². The molecular weight excluding hydrogens is 316 g/mol. The summed E-state index contributed by atoms with van der Waals surface area (Å²) in [5, 5.41) is 21.8. The third kappa shape index (κ3) is 3.37. The van der Waals surface area contributed by atoms with E-state index >= 15 is 0 Å². The molecule has 0 aliphatic carbocycles. The minimum absolute atomic E-state index is 0.173. The van der Waals surface area contributed by atoms with Crippen molar-refractivity contribution < 1.29 is 24.3 Å². The van der Waals surface area contributed by atoms with Crippen molar-refractivity contribution in [2.45, 2.75) is 13.0 Å². The highest BCUT2D eigenvalue weighted by Crippen LogP contribution is 2.33. The van der Waals surface area contributed by atoms with Crippen LogP contribution in [-0.2, 0) is 13.0 Å². The van der Waals surface area contributed by atoms with Crippen molar-refractivity contribution in [3.63, 3.8) is 0 Å². The lowest BCUT2D eigenvalue weighted by atomic mass is 10.1. The SMILES string of the molecule is O=C(O)NCc1cc(Oc2ccc3c(c2)OCC3)ccc1[N+](=O)[O-]. The Balaban J connectivity index is 1.84. The summed E-state index contributed by atoms with van der Waals surface area (Å²) in [6, 6.07) is 9.68. The van der Waals surface area contributed by atoms with E-state index in [4.69, 9.17) is 14.6 Å². The number of rotatable bonds is 5. The van der Waals surface area contributed by atoms with Crippen LogP contribution in [0.1, 0.15) is 11.1 Å². The van der Waals surface area contributed by atoms with Gasteiger partial charge in [-0.15, -0.1) is 0 Å². The van der Waals surface area contributed by atoms with Crippen LogP contribution in [0.2, 0.25) is 0 Å². The molecule has 3 rings (SSSR count). The summed E-state index contributed by atoms with van der Waals surface area (Å²) in [7, 11) is 0. The van der Waals surface area contributed by atoms with Crippen molar-refractivity contribution in [3.8, 4) is 17.2 Å². The highest BCUT2D eigenvalue weighted by Gasteiger charge is 2.17. The fourth-order valence-corrected chi connectivity index (χ4v) is 2.46. The molecule has 0 atom stereocenters. The van der Waals surface area contributed by atoms with Crippen LogP contribution in [0.3, 0.4) is 0 Å². The fraction of sp³-hybridized carbons (Fsp3) is 0.188. The van der Waals surface area contributed by atoms with Gasteiger partial charge < -0.3 is 19.9 Å². The summed E-state index contributed by atoms with van der Waals surface area (Å²) in [5.41, 5.74) is 1.16. The standard InChI is InChI=1S/C16H14N2O6/c19-16(20)17-9-11-7-12(3-4-14(11)18(21)22)24-13-2-1-10-5-6-23-15(10)8-13/h1-4,7-8,17H,5-6,9H2,(H,19,20). The Labute approximate surface area is 136 Å². The lowest BCUT2D eigenvalue weighted by Crippen LogP contribution is -2.20. The van der Waals surface area contributed by atoms with Gasteiger partial charge in [-0.3, -0.25) is 10.1 Å². The molecule has 124 valence electrons. The number of nitro groups is 1. The van der Waals surface area contributed by atoms with Gasteiger partial charge in [-0.1, -0.05) is 6.07 Å². The second-order valence-corrected chi connectivity index (χ2v) is 5.18. The van der Waals surface area contributed by atoms with Crippen molar-refractivity contribution >= 4 is 11.8 Å². The Hall–Kier alpha value is -3.29. The number of nitrogens with one attached hydrogen (secondary N) is 1. The van der Waals surface area contributed by atoms with Crippen molar-refractivity contribution in [3.05, 3.63) is 57.6 Å². The van der Waals surface area contributed by atoms with Gasteiger partial charge in [-0.2, -0.15) is 0 Å². The van der Waals surface area contributed by atoms with E-state index in [0.717, 1.165) is 17.7 Å². The first kappa shape index (κ1) is 15.6. The summed E-state index contributed by atoms with van der Waals surface area (Å²) in [6.07, 6.45) is -0.399. The number of carboxylic acid groups (broad SMARTS) is 1. The van der Waals surface area contributed by atoms with Gasteiger partial charge in [0.2, 0.25) is 0 Å².